The first-order chi connectivity index (χ1) is 32.0. The zero-order chi connectivity index (χ0) is 48.5. The Balaban J connectivity index is 3.99. The number of hydrogen-bond donors (Lipinski definition) is 2. The van der Waals surface area contributed by atoms with Gasteiger partial charge >= 0.3 is 0 Å². The van der Waals surface area contributed by atoms with E-state index in [1.54, 1.807) is 6.08 Å². The minimum atomic E-state index is -4.59. The Morgan fingerprint density at radius 2 is 0.818 bits per heavy atom. The predicted molar refractivity (Wildman–Crippen MR) is 284 cm³/mol. The summed E-state index contributed by atoms with van der Waals surface area (Å²) < 4.78 is 23.3. The molecule has 0 saturated heterocycles. The number of carbonyl (C=O) groups excluding carboxylic acids is 1. The summed E-state index contributed by atoms with van der Waals surface area (Å²) in [5, 5.41) is 13.8. The van der Waals surface area contributed by atoms with Crippen LogP contribution in [0.3, 0.4) is 0 Å². The quantitative estimate of drug-likeness (QED) is 0.0272. The molecule has 0 radical (unpaired) electrons. The lowest BCUT2D eigenvalue weighted by Crippen LogP contribution is -2.45. The summed E-state index contributed by atoms with van der Waals surface area (Å²) in [7, 11) is 1.28. The molecule has 3 atom stereocenters. The van der Waals surface area contributed by atoms with Crippen molar-refractivity contribution in [2.45, 2.75) is 309 Å². The number of phosphoric ester groups is 1. The lowest BCUT2D eigenvalue weighted by atomic mass is 10.0. The molecule has 0 saturated carbocycles. The fourth-order valence-electron chi connectivity index (χ4n) is 8.92. The number of likely N-dealkylation sites (N-methyl/N-ethyl adjacent to an activating group) is 1. The van der Waals surface area contributed by atoms with E-state index in [1.165, 1.54) is 238 Å². The van der Waals surface area contributed by atoms with Crippen molar-refractivity contribution < 1.29 is 32.9 Å². The molecular weight excluding hydrogens is 840 g/mol. The van der Waals surface area contributed by atoms with Gasteiger partial charge in [-0.2, -0.15) is 0 Å². The van der Waals surface area contributed by atoms with Crippen LogP contribution in [0, 0.1) is 0 Å². The summed E-state index contributed by atoms with van der Waals surface area (Å²) in [5.74, 6) is -0.191. The van der Waals surface area contributed by atoms with Crippen molar-refractivity contribution in [3.05, 3.63) is 12.2 Å². The van der Waals surface area contributed by atoms with E-state index < -0.39 is 20.0 Å². The molecule has 66 heavy (non-hydrogen) atoms. The van der Waals surface area contributed by atoms with Crippen LogP contribution in [0.1, 0.15) is 296 Å². The summed E-state index contributed by atoms with van der Waals surface area (Å²) in [6.45, 7) is 4.68. The molecule has 0 spiro atoms. The fraction of sp³-hybridized carbons (Fsp3) is 0.947. The average molecular weight is 956 g/mol. The normalized spacial score (nSPS) is 14.0. The first kappa shape index (κ1) is 65.2. The van der Waals surface area contributed by atoms with Crippen molar-refractivity contribution in [3.63, 3.8) is 0 Å². The highest BCUT2D eigenvalue weighted by Crippen LogP contribution is 2.38. The summed E-state index contributed by atoms with van der Waals surface area (Å²) in [6.07, 6.45) is 60.2. The maximum Gasteiger partial charge on any atom is 0.268 e. The van der Waals surface area contributed by atoms with Crippen molar-refractivity contribution in [2.24, 2.45) is 0 Å². The van der Waals surface area contributed by atoms with Gasteiger partial charge in [0.1, 0.15) is 13.2 Å². The van der Waals surface area contributed by atoms with Crippen LogP contribution in [0.4, 0.5) is 0 Å². The van der Waals surface area contributed by atoms with Crippen LogP contribution in [0.5, 0.6) is 0 Å². The van der Waals surface area contributed by atoms with E-state index in [9.17, 15) is 19.4 Å². The Kier molecular flexibility index (Phi) is 48.7. The number of carbonyl (C=O) groups is 1. The summed E-state index contributed by atoms with van der Waals surface area (Å²) in [6, 6.07) is -0.881. The van der Waals surface area contributed by atoms with Gasteiger partial charge in [0, 0.05) is 6.42 Å². The Bertz CT molecular complexity index is 1080. The lowest BCUT2D eigenvalue weighted by molar-refractivity contribution is -0.870. The number of nitrogens with zero attached hydrogens (tertiary/aromatic N) is 1. The van der Waals surface area contributed by atoms with Crippen LogP contribution in [-0.4, -0.2) is 68.5 Å². The van der Waals surface area contributed by atoms with E-state index in [0.717, 1.165) is 38.5 Å². The van der Waals surface area contributed by atoms with Gasteiger partial charge in [-0.3, -0.25) is 9.36 Å². The second-order valence-electron chi connectivity index (χ2n) is 21.4. The van der Waals surface area contributed by atoms with Crippen LogP contribution >= 0.6 is 7.82 Å². The topological polar surface area (TPSA) is 108 Å². The number of hydrogen-bond acceptors (Lipinski definition) is 6. The predicted octanol–water partition coefficient (Wildman–Crippen LogP) is 16.8. The van der Waals surface area contributed by atoms with Crippen molar-refractivity contribution in [3.8, 4) is 0 Å². The van der Waals surface area contributed by atoms with E-state index in [0.29, 0.717) is 17.4 Å². The average Bonchev–Trinajstić information content (AvgIpc) is 3.28. The van der Waals surface area contributed by atoms with Crippen LogP contribution in [-0.2, 0) is 18.4 Å². The van der Waals surface area contributed by atoms with Gasteiger partial charge in [0.25, 0.3) is 7.82 Å². The Morgan fingerprint density at radius 1 is 0.515 bits per heavy atom. The monoisotopic (exact) mass is 955 g/mol. The molecule has 0 aromatic heterocycles. The molecule has 9 heteroatoms. The molecule has 0 bridgehead atoms. The second kappa shape index (κ2) is 49.2. The van der Waals surface area contributed by atoms with Gasteiger partial charge in [-0.05, 0) is 19.3 Å². The van der Waals surface area contributed by atoms with Crippen LogP contribution < -0.4 is 10.2 Å². The highest BCUT2D eigenvalue weighted by atomic mass is 31.2. The molecular formula is C57H115N2O6P. The maximum absolute atomic E-state index is 12.9. The van der Waals surface area contributed by atoms with E-state index in [2.05, 4.69) is 19.2 Å². The first-order valence-corrected chi connectivity index (χ1v) is 30.5. The van der Waals surface area contributed by atoms with Crippen molar-refractivity contribution in [2.75, 3.05) is 40.9 Å². The Labute approximate surface area is 412 Å². The third-order valence-electron chi connectivity index (χ3n) is 13.5. The molecule has 0 aliphatic rings. The maximum atomic E-state index is 12.9. The number of nitrogens with one attached hydrogen (secondary N) is 1. The zero-order valence-corrected chi connectivity index (χ0v) is 45.8. The van der Waals surface area contributed by atoms with Crippen LogP contribution in [0.2, 0.25) is 0 Å². The molecule has 0 fully saturated rings. The van der Waals surface area contributed by atoms with Gasteiger partial charge in [-0.1, -0.05) is 283 Å². The highest BCUT2D eigenvalue weighted by molar-refractivity contribution is 7.45. The van der Waals surface area contributed by atoms with E-state index >= 15 is 0 Å². The molecule has 2 N–H and O–H groups in total. The first-order valence-electron chi connectivity index (χ1n) is 29.1. The summed E-state index contributed by atoms with van der Waals surface area (Å²) in [4.78, 5) is 25.4. The Morgan fingerprint density at radius 3 is 1.14 bits per heavy atom. The molecule has 0 aliphatic heterocycles. The van der Waals surface area contributed by atoms with E-state index in [1.807, 2.05) is 27.2 Å². The number of amides is 1. The van der Waals surface area contributed by atoms with Gasteiger partial charge in [0.15, 0.2) is 0 Å². The Hall–Kier alpha value is -0.760. The molecule has 0 heterocycles. The minimum Gasteiger partial charge on any atom is -0.756 e. The number of quaternary nitrogens is 1. The number of aliphatic hydroxyl groups is 1. The van der Waals surface area contributed by atoms with Gasteiger partial charge < -0.3 is 28.8 Å². The van der Waals surface area contributed by atoms with Gasteiger partial charge in [0.2, 0.25) is 5.91 Å². The fourth-order valence-corrected chi connectivity index (χ4v) is 9.64. The highest BCUT2D eigenvalue weighted by Gasteiger charge is 2.23. The molecule has 0 aromatic rings. The number of rotatable bonds is 54. The van der Waals surface area contributed by atoms with Gasteiger partial charge in [-0.15, -0.1) is 0 Å². The number of allylic oxidation sites excluding steroid dienone is 1. The largest absolute Gasteiger partial charge is 0.756 e. The number of unbranched alkanes of at least 4 members (excludes halogenated alkanes) is 41. The van der Waals surface area contributed by atoms with Crippen LogP contribution in [0.15, 0.2) is 12.2 Å². The third kappa shape index (κ3) is 51.1. The third-order valence-corrected chi connectivity index (χ3v) is 14.5. The van der Waals surface area contributed by atoms with Crippen LogP contribution in [0.25, 0.3) is 0 Å². The standard InChI is InChI=1S/C57H115N2O6P/c1-6-8-10-12-14-16-18-20-21-22-23-24-25-26-27-28-29-30-31-32-33-34-35-36-37-39-41-43-45-47-49-51-57(61)58-55(54-65-66(62,63)64-53-52-59(3,4)5)56(60)50-48-46-44-42-40-38-19-17-15-13-11-9-7-2/h48,50,55-56,60H,6-47,49,51-54H2,1-5H3,(H-,58,61,62,63)/b50-48+. The lowest BCUT2D eigenvalue weighted by Gasteiger charge is -2.29. The molecule has 394 valence electrons. The molecule has 0 rings (SSSR count). The smallest absolute Gasteiger partial charge is 0.268 e. The molecule has 0 aliphatic carbocycles. The second-order valence-corrected chi connectivity index (χ2v) is 22.8. The molecule has 8 nitrogen and oxygen atoms in total. The zero-order valence-electron chi connectivity index (χ0n) is 44.9. The minimum absolute atomic E-state index is 0.00240. The van der Waals surface area contributed by atoms with E-state index in [4.69, 9.17) is 9.05 Å². The molecule has 1 amide bonds. The molecule has 3 unspecified atom stereocenters. The number of phosphoric acid groups is 1. The summed E-state index contributed by atoms with van der Waals surface area (Å²) >= 11 is 0. The van der Waals surface area contributed by atoms with Gasteiger partial charge in [0.05, 0.1) is 39.9 Å². The van der Waals surface area contributed by atoms with Crippen molar-refractivity contribution in [1.82, 2.24) is 5.32 Å². The number of aliphatic hydroxyl groups excluding tert-OH is 1. The van der Waals surface area contributed by atoms with Crippen molar-refractivity contribution in [1.29, 1.82) is 0 Å². The van der Waals surface area contributed by atoms with Gasteiger partial charge in [-0.25, -0.2) is 0 Å². The SMILES string of the molecule is CCCCCCCCCCCCC/C=C/C(O)C(COP(=O)([O-])OCC[N+](C)(C)C)NC(=O)CCCCCCCCCCCCCCCCCCCCCCCCCCCCCCCCC. The van der Waals surface area contributed by atoms with Crippen molar-refractivity contribution >= 4 is 13.7 Å². The molecule has 0 aromatic carbocycles. The summed E-state index contributed by atoms with van der Waals surface area (Å²) in [5.41, 5.74) is 0. The van der Waals surface area contributed by atoms with E-state index in [-0.39, 0.29) is 19.1 Å².